The molecule has 1 amide bonds. The molecule has 0 aromatic carbocycles. The zero-order chi connectivity index (χ0) is 15.1. The SMILES string of the molecule is CSc1nc(C(=O)N2CCO[C@H]3CCC[C@H]32)c2ccccn12. The van der Waals surface area contributed by atoms with Crippen LogP contribution in [0.25, 0.3) is 5.52 Å². The molecule has 0 unspecified atom stereocenters. The fourth-order valence-electron chi connectivity index (χ4n) is 3.62. The van der Waals surface area contributed by atoms with Gasteiger partial charge in [0.15, 0.2) is 10.9 Å². The number of nitrogens with zero attached hydrogens (tertiary/aromatic N) is 3. The average Bonchev–Trinajstić information content (AvgIpc) is 3.18. The van der Waals surface area contributed by atoms with E-state index in [2.05, 4.69) is 4.98 Å². The largest absolute Gasteiger partial charge is 0.374 e. The van der Waals surface area contributed by atoms with Crippen LogP contribution < -0.4 is 0 Å². The summed E-state index contributed by atoms with van der Waals surface area (Å²) in [6.07, 6.45) is 7.40. The van der Waals surface area contributed by atoms with E-state index in [9.17, 15) is 4.79 Å². The lowest BCUT2D eigenvalue weighted by Gasteiger charge is -2.37. The Labute approximate surface area is 133 Å². The van der Waals surface area contributed by atoms with Crippen molar-refractivity contribution in [2.75, 3.05) is 19.4 Å². The van der Waals surface area contributed by atoms with Crippen LogP contribution in [0, 0.1) is 0 Å². The van der Waals surface area contributed by atoms with E-state index in [1.807, 2.05) is 40.0 Å². The number of carbonyl (C=O) groups is 1. The van der Waals surface area contributed by atoms with Crippen LogP contribution in [0.2, 0.25) is 0 Å². The van der Waals surface area contributed by atoms with Gasteiger partial charge in [0.25, 0.3) is 5.91 Å². The molecular formula is C16H19N3O2S. The quantitative estimate of drug-likeness (QED) is 0.798. The van der Waals surface area contributed by atoms with Crippen molar-refractivity contribution in [3.8, 4) is 0 Å². The summed E-state index contributed by atoms with van der Waals surface area (Å²) in [6.45, 7) is 1.30. The molecule has 2 atom stereocenters. The van der Waals surface area contributed by atoms with Crippen LogP contribution in [0.4, 0.5) is 0 Å². The molecule has 3 heterocycles. The van der Waals surface area contributed by atoms with Gasteiger partial charge in [-0.25, -0.2) is 4.98 Å². The molecule has 4 rings (SSSR count). The van der Waals surface area contributed by atoms with Crippen molar-refractivity contribution in [1.29, 1.82) is 0 Å². The van der Waals surface area contributed by atoms with Crippen molar-refractivity contribution in [2.24, 2.45) is 0 Å². The van der Waals surface area contributed by atoms with E-state index in [0.717, 1.165) is 29.9 Å². The highest BCUT2D eigenvalue weighted by molar-refractivity contribution is 7.98. The first-order chi connectivity index (χ1) is 10.8. The highest BCUT2D eigenvalue weighted by atomic mass is 32.2. The second kappa shape index (κ2) is 5.59. The number of pyridine rings is 1. The minimum atomic E-state index is 0.0456. The molecule has 1 aliphatic heterocycles. The van der Waals surface area contributed by atoms with Crippen LogP contribution in [-0.4, -0.2) is 51.7 Å². The van der Waals surface area contributed by atoms with Crippen molar-refractivity contribution in [3.05, 3.63) is 30.1 Å². The Morgan fingerprint density at radius 1 is 1.41 bits per heavy atom. The minimum Gasteiger partial charge on any atom is -0.374 e. The topological polar surface area (TPSA) is 46.8 Å². The number of rotatable bonds is 2. The molecule has 0 spiro atoms. The number of fused-ring (bicyclic) bond motifs is 2. The number of ether oxygens (including phenoxy) is 1. The zero-order valence-electron chi connectivity index (χ0n) is 12.6. The molecule has 0 radical (unpaired) electrons. The van der Waals surface area contributed by atoms with E-state index < -0.39 is 0 Å². The number of hydrogen-bond donors (Lipinski definition) is 0. The fraction of sp³-hybridized carbons (Fsp3) is 0.500. The molecule has 2 aromatic heterocycles. The second-order valence-corrected chi connectivity index (χ2v) is 6.58. The van der Waals surface area contributed by atoms with Crippen LogP contribution in [0.3, 0.4) is 0 Å². The first kappa shape index (κ1) is 14.1. The van der Waals surface area contributed by atoms with Gasteiger partial charge in [0, 0.05) is 12.7 Å². The van der Waals surface area contributed by atoms with Gasteiger partial charge in [0.05, 0.1) is 24.3 Å². The van der Waals surface area contributed by atoms with Crippen molar-refractivity contribution < 1.29 is 9.53 Å². The Morgan fingerprint density at radius 3 is 3.18 bits per heavy atom. The molecule has 0 N–H and O–H groups in total. The van der Waals surface area contributed by atoms with Crippen LogP contribution in [0.5, 0.6) is 0 Å². The average molecular weight is 317 g/mol. The van der Waals surface area contributed by atoms with Gasteiger partial charge in [-0.2, -0.15) is 0 Å². The minimum absolute atomic E-state index is 0.0456. The third-order valence-corrected chi connectivity index (χ3v) is 5.30. The molecular weight excluding hydrogens is 298 g/mol. The lowest BCUT2D eigenvalue weighted by atomic mass is 10.1. The Morgan fingerprint density at radius 2 is 2.32 bits per heavy atom. The summed E-state index contributed by atoms with van der Waals surface area (Å²) < 4.78 is 7.80. The predicted octanol–water partition coefficient (Wildman–Crippen LogP) is 2.45. The Kier molecular flexibility index (Phi) is 3.58. The first-order valence-electron chi connectivity index (χ1n) is 7.73. The summed E-state index contributed by atoms with van der Waals surface area (Å²) in [5, 5.41) is 0.857. The fourth-order valence-corrected chi connectivity index (χ4v) is 4.16. The molecule has 5 nitrogen and oxygen atoms in total. The molecule has 1 saturated carbocycles. The Hall–Kier alpha value is -1.53. The van der Waals surface area contributed by atoms with Gasteiger partial charge >= 0.3 is 0 Å². The van der Waals surface area contributed by atoms with Crippen LogP contribution in [-0.2, 0) is 4.74 Å². The molecule has 116 valence electrons. The first-order valence-corrected chi connectivity index (χ1v) is 8.95. The van der Waals surface area contributed by atoms with Gasteiger partial charge < -0.3 is 9.64 Å². The number of aromatic nitrogens is 2. The maximum atomic E-state index is 13.1. The van der Waals surface area contributed by atoms with Gasteiger partial charge in [0.2, 0.25) is 0 Å². The standard InChI is InChI=1S/C16H19N3O2S/c1-22-16-17-14(12-5-2-3-8-19(12)16)15(20)18-9-10-21-13-7-4-6-11(13)18/h2-3,5,8,11,13H,4,6-7,9-10H2,1H3/t11-,13+/m1/s1. The number of amides is 1. The predicted molar refractivity (Wildman–Crippen MR) is 85.4 cm³/mol. The molecule has 1 aliphatic carbocycles. The third-order valence-electron chi connectivity index (χ3n) is 4.64. The molecule has 2 fully saturated rings. The van der Waals surface area contributed by atoms with Crippen LogP contribution >= 0.6 is 11.8 Å². The summed E-state index contributed by atoms with van der Waals surface area (Å²) in [5.74, 6) is 0.0456. The summed E-state index contributed by atoms with van der Waals surface area (Å²) in [7, 11) is 0. The molecule has 0 bridgehead atoms. The van der Waals surface area contributed by atoms with Crippen molar-refractivity contribution in [1.82, 2.24) is 14.3 Å². The van der Waals surface area contributed by atoms with Crippen molar-refractivity contribution in [2.45, 2.75) is 36.6 Å². The number of hydrogen-bond acceptors (Lipinski definition) is 4. The number of thioether (sulfide) groups is 1. The smallest absolute Gasteiger partial charge is 0.275 e. The van der Waals surface area contributed by atoms with Crippen molar-refractivity contribution in [3.63, 3.8) is 0 Å². The summed E-state index contributed by atoms with van der Waals surface area (Å²) >= 11 is 1.56. The molecule has 22 heavy (non-hydrogen) atoms. The molecule has 1 saturated heterocycles. The van der Waals surface area contributed by atoms with E-state index >= 15 is 0 Å². The van der Waals surface area contributed by atoms with Crippen LogP contribution in [0.1, 0.15) is 29.8 Å². The van der Waals surface area contributed by atoms with Gasteiger partial charge in [-0.15, -0.1) is 0 Å². The second-order valence-electron chi connectivity index (χ2n) is 5.81. The summed E-state index contributed by atoms with van der Waals surface area (Å²) in [4.78, 5) is 19.6. The highest BCUT2D eigenvalue weighted by Crippen LogP contribution is 2.31. The Balaban J connectivity index is 1.73. The van der Waals surface area contributed by atoms with Gasteiger partial charge in [-0.3, -0.25) is 9.20 Å². The normalized spacial score (nSPS) is 24.7. The van der Waals surface area contributed by atoms with Gasteiger partial charge in [-0.05, 0) is 37.7 Å². The van der Waals surface area contributed by atoms with Gasteiger partial charge in [-0.1, -0.05) is 17.8 Å². The number of imidazole rings is 1. The van der Waals surface area contributed by atoms with E-state index in [1.165, 1.54) is 0 Å². The maximum Gasteiger partial charge on any atom is 0.275 e. The monoisotopic (exact) mass is 317 g/mol. The van der Waals surface area contributed by atoms with Crippen LogP contribution in [0.15, 0.2) is 29.6 Å². The molecule has 2 aliphatic rings. The number of morpholine rings is 1. The highest BCUT2D eigenvalue weighted by Gasteiger charge is 2.39. The van der Waals surface area contributed by atoms with Gasteiger partial charge in [0.1, 0.15) is 0 Å². The summed E-state index contributed by atoms with van der Waals surface area (Å²) in [5.41, 5.74) is 1.45. The molecule has 6 heteroatoms. The summed E-state index contributed by atoms with van der Waals surface area (Å²) in [6, 6.07) is 6.10. The molecule has 2 aromatic rings. The zero-order valence-corrected chi connectivity index (χ0v) is 13.4. The Bertz CT molecular complexity index is 714. The van der Waals surface area contributed by atoms with Crippen molar-refractivity contribution >= 4 is 23.2 Å². The van der Waals surface area contributed by atoms with E-state index in [-0.39, 0.29) is 18.1 Å². The maximum absolute atomic E-state index is 13.1. The lowest BCUT2D eigenvalue weighted by Crippen LogP contribution is -2.51. The lowest BCUT2D eigenvalue weighted by molar-refractivity contribution is -0.0446. The third kappa shape index (κ3) is 2.13. The van der Waals surface area contributed by atoms with E-state index in [4.69, 9.17) is 4.74 Å². The van der Waals surface area contributed by atoms with E-state index in [1.54, 1.807) is 11.8 Å². The van der Waals surface area contributed by atoms with E-state index in [0.29, 0.717) is 18.8 Å². The number of carbonyl (C=O) groups excluding carboxylic acids is 1.